The number of pyridine rings is 2. The van der Waals surface area contributed by atoms with E-state index in [9.17, 15) is 4.79 Å². The largest absolute Gasteiger partial charge is 0.489 e. The molecule has 1 aromatic carbocycles. The fraction of sp³-hybridized carbons (Fsp3) is 0.0476. The Hall–Kier alpha value is -4.00. The molecule has 0 bridgehead atoms. The normalized spacial score (nSPS) is 10.4. The number of ether oxygens (including phenoxy) is 1. The fourth-order valence-electron chi connectivity index (χ4n) is 2.56. The molecule has 0 aliphatic rings. The summed E-state index contributed by atoms with van der Waals surface area (Å²) >= 11 is 0. The predicted molar refractivity (Wildman–Crippen MR) is 104 cm³/mol. The smallest absolute Gasteiger partial charge is 0.255 e. The molecule has 7 nitrogen and oxygen atoms in total. The Balaban J connectivity index is 1.35. The Bertz CT molecular complexity index is 1030. The molecule has 0 saturated carbocycles. The zero-order valence-corrected chi connectivity index (χ0v) is 14.9. The van der Waals surface area contributed by atoms with Crippen molar-refractivity contribution in [3.05, 3.63) is 96.7 Å². The van der Waals surface area contributed by atoms with Crippen LogP contribution in [0.25, 0.3) is 5.82 Å². The maximum Gasteiger partial charge on any atom is 0.255 e. The molecule has 1 N–H and O–H groups in total. The number of carbonyl (C=O) groups excluding carboxylic acids is 1. The molecule has 3 aromatic heterocycles. The highest BCUT2D eigenvalue weighted by molar-refractivity contribution is 6.04. The van der Waals surface area contributed by atoms with Crippen LogP contribution in [0.1, 0.15) is 15.9 Å². The van der Waals surface area contributed by atoms with E-state index in [4.69, 9.17) is 4.74 Å². The van der Waals surface area contributed by atoms with Crippen LogP contribution in [0, 0.1) is 0 Å². The Labute approximate surface area is 161 Å². The molecule has 4 rings (SSSR count). The molecule has 3 heterocycles. The molecule has 0 fully saturated rings. The molecule has 0 aliphatic carbocycles. The van der Waals surface area contributed by atoms with Gasteiger partial charge in [-0.3, -0.25) is 9.78 Å². The summed E-state index contributed by atoms with van der Waals surface area (Å²) in [5, 5.41) is 6.95. The van der Waals surface area contributed by atoms with Crippen LogP contribution in [0.5, 0.6) is 5.75 Å². The van der Waals surface area contributed by atoms with Gasteiger partial charge in [-0.15, -0.1) is 0 Å². The van der Waals surface area contributed by atoms with Gasteiger partial charge in [-0.1, -0.05) is 6.07 Å². The van der Waals surface area contributed by atoms with Gasteiger partial charge in [-0.2, -0.15) is 5.10 Å². The molecule has 0 radical (unpaired) electrons. The highest BCUT2D eigenvalue weighted by atomic mass is 16.5. The molecule has 0 saturated heterocycles. The van der Waals surface area contributed by atoms with Crippen LogP contribution in [-0.2, 0) is 6.61 Å². The average Bonchev–Trinajstić information content (AvgIpc) is 3.29. The minimum absolute atomic E-state index is 0.215. The number of anilines is 1. The predicted octanol–water partition coefficient (Wildman–Crippen LogP) is 3.49. The SMILES string of the molecule is O=C(Nc1ccc(-n2cccn2)nc1)c1ccc(OCc2cccnc2)cc1. The molecular weight excluding hydrogens is 354 g/mol. The van der Waals surface area contributed by atoms with Crippen molar-refractivity contribution < 1.29 is 9.53 Å². The van der Waals surface area contributed by atoms with E-state index < -0.39 is 0 Å². The summed E-state index contributed by atoms with van der Waals surface area (Å²) in [7, 11) is 0. The first-order valence-corrected chi connectivity index (χ1v) is 8.67. The monoisotopic (exact) mass is 371 g/mol. The lowest BCUT2D eigenvalue weighted by Gasteiger charge is -2.08. The Kier molecular flexibility index (Phi) is 5.06. The molecule has 0 unspecified atom stereocenters. The molecule has 138 valence electrons. The van der Waals surface area contributed by atoms with E-state index in [2.05, 4.69) is 20.4 Å². The molecular formula is C21H17N5O2. The van der Waals surface area contributed by atoms with Crippen LogP contribution in [0.15, 0.2) is 85.6 Å². The first-order chi connectivity index (χ1) is 13.8. The van der Waals surface area contributed by atoms with Crippen molar-refractivity contribution in [1.82, 2.24) is 19.7 Å². The minimum atomic E-state index is -0.215. The number of hydrogen-bond acceptors (Lipinski definition) is 5. The summed E-state index contributed by atoms with van der Waals surface area (Å²) < 4.78 is 7.35. The van der Waals surface area contributed by atoms with Crippen molar-refractivity contribution in [2.45, 2.75) is 6.61 Å². The first-order valence-electron chi connectivity index (χ1n) is 8.67. The van der Waals surface area contributed by atoms with E-state index in [0.29, 0.717) is 29.4 Å². The lowest BCUT2D eigenvalue weighted by atomic mass is 10.2. The van der Waals surface area contributed by atoms with E-state index in [1.165, 1.54) is 0 Å². The maximum absolute atomic E-state index is 12.4. The standard InChI is InChI=1S/C21H17N5O2/c27-21(25-18-6-9-20(23-14-18)26-12-2-11-24-26)17-4-7-19(8-5-17)28-15-16-3-1-10-22-13-16/h1-14H,15H2,(H,25,27). The van der Waals surface area contributed by atoms with Crippen LogP contribution in [0.2, 0.25) is 0 Å². The lowest BCUT2D eigenvalue weighted by Crippen LogP contribution is -2.12. The van der Waals surface area contributed by atoms with Crippen LogP contribution >= 0.6 is 0 Å². The number of nitrogens with zero attached hydrogens (tertiary/aromatic N) is 4. The number of amides is 1. The van der Waals surface area contributed by atoms with Gasteiger partial charge in [0, 0.05) is 35.9 Å². The summed E-state index contributed by atoms with van der Waals surface area (Å²) in [6, 6.07) is 16.2. The topological polar surface area (TPSA) is 81.9 Å². The van der Waals surface area contributed by atoms with Crippen LogP contribution in [0.3, 0.4) is 0 Å². The zero-order valence-electron chi connectivity index (χ0n) is 14.9. The van der Waals surface area contributed by atoms with Gasteiger partial charge in [0.1, 0.15) is 12.4 Å². The second-order valence-corrected chi connectivity index (χ2v) is 5.98. The summed E-state index contributed by atoms with van der Waals surface area (Å²) in [5.41, 5.74) is 2.12. The van der Waals surface area contributed by atoms with E-state index in [-0.39, 0.29) is 5.91 Å². The van der Waals surface area contributed by atoms with Crippen molar-refractivity contribution >= 4 is 11.6 Å². The fourth-order valence-corrected chi connectivity index (χ4v) is 2.56. The van der Waals surface area contributed by atoms with Gasteiger partial charge < -0.3 is 10.1 Å². The Morgan fingerprint density at radius 1 is 1.00 bits per heavy atom. The third-order valence-corrected chi connectivity index (χ3v) is 3.99. The van der Waals surface area contributed by atoms with Crippen molar-refractivity contribution in [3.8, 4) is 11.6 Å². The van der Waals surface area contributed by atoms with Crippen molar-refractivity contribution in [3.63, 3.8) is 0 Å². The molecule has 7 heteroatoms. The summed E-state index contributed by atoms with van der Waals surface area (Å²) in [4.78, 5) is 20.8. The number of benzene rings is 1. The number of hydrogen-bond donors (Lipinski definition) is 1. The van der Waals surface area contributed by atoms with E-state index in [1.807, 2.05) is 18.2 Å². The van der Waals surface area contributed by atoms with Crippen molar-refractivity contribution in [2.75, 3.05) is 5.32 Å². The second kappa shape index (κ2) is 8.13. The van der Waals surface area contributed by atoms with Crippen LogP contribution in [0.4, 0.5) is 5.69 Å². The summed E-state index contributed by atoms with van der Waals surface area (Å²) in [5.74, 6) is 1.15. The Morgan fingerprint density at radius 2 is 1.89 bits per heavy atom. The van der Waals surface area contributed by atoms with E-state index in [0.717, 1.165) is 5.56 Å². The van der Waals surface area contributed by atoms with Crippen LogP contribution < -0.4 is 10.1 Å². The van der Waals surface area contributed by atoms with Gasteiger partial charge in [-0.25, -0.2) is 9.67 Å². The molecule has 0 spiro atoms. The maximum atomic E-state index is 12.4. The highest BCUT2D eigenvalue weighted by Gasteiger charge is 2.07. The van der Waals surface area contributed by atoms with Gasteiger partial charge in [0.15, 0.2) is 5.82 Å². The highest BCUT2D eigenvalue weighted by Crippen LogP contribution is 2.16. The molecule has 0 atom stereocenters. The quantitative estimate of drug-likeness (QED) is 0.561. The molecule has 1 amide bonds. The number of carbonyl (C=O) groups is 1. The Morgan fingerprint density at radius 3 is 2.57 bits per heavy atom. The first kappa shape index (κ1) is 17.4. The zero-order chi connectivity index (χ0) is 19.2. The lowest BCUT2D eigenvalue weighted by molar-refractivity contribution is 0.102. The van der Waals surface area contributed by atoms with Crippen molar-refractivity contribution in [2.24, 2.45) is 0 Å². The number of nitrogens with one attached hydrogen (secondary N) is 1. The van der Waals surface area contributed by atoms with Gasteiger partial charge in [0.25, 0.3) is 5.91 Å². The molecule has 4 aromatic rings. The van der Waals surface area contributed by atoms with Gasteiger partial charge in [0.2, 0.25) is 0 Å². The third-order valence-electron chi connectivity index (χ3n) is 3.99. The van der Waals surface area contributed by atoms with Gasteiger partial charge >= 0.3 is 0 Å². The summed E-state index contributed by atoms with van der Waals surface area (Å²) in [6.45, 7) is 0.424. The minimum Gasteiger partial charge on any atom is -0.489 e. The summed E-state index contributed by atoms with van der Waals surface area (Å²) in [6.07, 6.45) is 8.56. The molecule has 28 heavy (non-hydrogen) atoms. The average molecular weight is 371 g/mol. The van der Waals surface area contributed by atoms with E-state index >= 15 is 0 Å². The van der Waals surface area contributed by atoms with Crippen molar-refractivity contribution in [1.29, 1.82) is 0 Å². The third kappa shape index (κ3) is 4.21. The van der Waals surface area contributed by atoms with Gasteiger partial charge in [0.05, 0.1) is 11.9 Å². The van der Waals surface area contributed by atoms with Gasteiger partial charge in [-0.05, 0) is 48.5 Å². The second-order valence-electron chi connectivity index (χ2n) is 5.98. The molecule has 0 aliphatic heterocycles. The van der Waals surface area contributed by atoms with E-state index in [1.54, 1.807) is 72.1 Å². The van der Waals surface area contributed by atoms with Crippen LogP contribution in [-0.4, -0.2) is 25.7 Å². The number of aromatic nitrogens is 4. The number of rotatable bonds is 6.